The number of anilines is 1. The zero-order valence-corrected chi connectivity index (χ0v) is 16.3. The molecule has 0 saturated carbocycles. The fraction of sp³-hybridized carbons (Fsp3) is 0.158. The number of rotatable bonds is 4. The molecule has 128 valence electrons. The smallest absolute Gasteiger partial charge is 0.266 e. The van der Waals surface area contributed by atoms with Gasteiger partial charge in [-0.2, -0.15) is 5.26 Å². The van der Waals surface area contributed by atoms with E-state index in [2.05, 4.69) is 21.2 Å². The van der Waals surface area contributed by atoms with Crippen molar-refractivity contribution in [2.75, 3.05) is 12.4 Å². The van der Waals surface area contributed by atoms with Crippen molar-refractivity contribution in [3.05, 3.63) is 62.1 Å². The minimum atomic E-state index is -0.491. The monoisotopic (exact) mass is 418 g/mol. The summed E-state index contributed by atoms with van der Waals surface area (Å²) in [5.41, 5.74) is 3.17. The third-order valence-corrected chi connectivity index (χ3v) is 4.50. The summed E-state index contributed by atoms with van der Waals surface area (Å²) in [4.78, 5) is 12.5. The van der Waals surface area contributed by atoms with E-state index in [9.17, 15) is 10.1 Å². The molecule has 25 heavy (non-hydrogen) atoms. The van der Waals surface area contributed by atoms with Crippen LogP contribution in [0.4, 0.5) is 5.69 Å². The third kappa shape index (κ3) is 4.41. The number of carbonyl (C=O) groups excluding carboxylic acids is 1. The number of nitrogens with zero attached hydrogens (tertiary/aromatic N) is 1. The van der Waals surface area contributed by atoms with E-state index in [0.29, 0.717) is 22.0 Å². The minimum Gasteiger partial charge on any atom is -0.495 e. The number of benzene rings is 2. The van der Waals surface area contributed by atoms with Crippen LogP contribution in [0.25, 0.3) is 6.08 Å². The van der Waals surface area contributed by atoms with Crippen molar-refractivity contribution in [3.63, 3.8) is 0 Å². The topological polar surface area (TPSA) is 62.1 Å². The first-order valence-electron chi connectivity index (χ1n) is 7.39. The van der Waals surface area contributed by atoms with Crippen molar-refractivity contribution in [1.82, 2.24) is 0 Å². The van der Waals surface area contributed by atoms with Crippen LogP contribution in [0, 0.1) is 25.2 Å². The maximum atomic E-state index is 12.5. The summed E-state index contributed by atoms with van der Waals surface area (Å²) in [5.74, 6) is -0.0912. The van der Waals surface area contributed by atoms with Crippen molar-refractivity contribution in [2.45, 2.75) is 13.8 Å². The van der Waals surface area contributed by atoms with Gasteiger partial charge in [-0.25, -0.2) is 0 Å². The summed E-state index contributed by atoms with van der Waals surface area (Å²) in [6.07, 6.45) is 1.45. The van der Waals surface area contributed by atoms with Crippen LogP contribution in [0.5, 0.6) is 5.75 Å². The number of ether oxygens (including phenoxy) is 1. The Kier molecular flexibility index (Phi) is 6.24. The summed E-state index contributed by atoms with van der Waals surface area (Å²) in [5, 5.41) is 12.6. The van der Waals surface area contributed by atoms with Crippen LogP contribution in [0.3, 0.4) is 0 Å². The highest BCUT2D eigenvalue weighted by atomic mass is 79.9. The van der Waals surface area contributed by atoms with E-state index < -0.39 is 5.91 Å². The number of amides is 1. The second-order valence-electron chi connectivity index (χ2n) is 5.38. The van der Waals surface area contributed by atoms with Gasteiger partial charge in [0, 0.05) is 15.7 Å². The molecule has 6 heteroatoms. The van der Waals surface area contributed by atoms with Gasteiger partial charge in [-0.1, -0.05) is 39.7 Å². The summed E-state index contributed by atoms with van der Waals surface area (Å²) in [6.45, 7) is 3.87. The van der Waals surface area contributed by atoms with E-state index in [1.54, 1.807) is 18.2 Å². The zero-order chi connectivity index (χ0) is 18.6. The molecule has 2 aromatic carbocycles. The lowest BCUT2D eigenvalue weighted by Crippen LogP contribution is -2.14. The molecule has 0 aliphatic carbocycles. The minimum absolute atomic E-state index is 0.0478. The predicted molar refractivity (Wildman–Crippen MR) is 104 cm³/mol. The van der Waals surface area contributed by atoms with Gasteiger partial charge in [-0.3, -0.25) is 4.79 Å². The van der Waals surface area contributed by atoms with Crippen LogP contribution in [0.2, 0.25) is 5.02 Å². The molecule has 2 rings (SSSR count). The number of aryl methyl sites for hydroxylation is 1. The van der Waals surface area contributed by atoms with Crippen molar-refractivity contribution >= 4 is 45.2 Å². The van der Waals surface area contributed by atoms with Gasteiger partial charge < -0.3 is 10.1 Å². The van der Waals surface area contributed by atoms with Crippen molar-refractivity contribution in [1.29, 1.82) is 5.26 Å². The van der Waals surface area contributed by atoms with Gasteiger partial charge in [0.25, 0.3) is 5.91 Å². The first kappa shape index (κ1) is 19.0. The summed E-state index contributed by atoms with van der Waals surface area (Å²) >= 11 is 9.49. The summed E-state index contributed by atoms with van der Waals surface area (Å²) in [7, 11) is 1.48. The molecule has 0 unspecified atom stereocenters. The molecule has 0 aromatic heterocycles. The van der Waals surface area contributed by atoms with Crippen LogP contribution in [-0.4, -0.2) is 13.0 Å². The lowest BCUT2D eigenvalue weighted by Gasteiger charge is -2.11. The Hall–Kier alpha value is -2.29. The molecule has 4 nitrogen and oxygen atoms in total. The van der Waals surface area contributed by atoms with Gasteiger partial charge in [0.1, 0.15) is 17.4 Å². The Morgan fingerprint density at radius 3 is 2.72 bits per heavy atom. The van der Waals surface area contributed by atoms with Crippen molar-refractivity contribution in [3.8, 4) is 11.8 Å². The van der Waals surface area contributed by atoms with Gasteiger partial charge in [0.15, 0.2) is 0 Å². The van der Waals surface area contributed by atoms with Crippen LogP contribution in [-0.2, 0) is 4.79 Å². The number of halogens is 2. The first-order valence-corrected chi connectivity index (χ1v) is 8.57. The van der Waals surface area contributed by atoms with E-state index in [-0.39, 0.29) is 5.57 Å². The molecule has 0 heterocycles. The number of methoxy groups -OCH3 is 1. The highest BCUT2D eigenvalue weighted by Gasteiger charge is 2.14. The molecular formula is C19H16BrClN2O2. The Labute approximate surface area is 160 Å². The maximum Gasteiger partial charge on any atom is 0.266 e. The molecule has 0 spiro atoms. The number of hydrogen-bond acceptors (Lipinski definition) is 3. The Morgan fingerprint density at radius 1 is 1.36 bits per heavy atom. The summed E-state index contributed by atoms with van der Waals surface area (Å²) in [6, 6.07) is 10.9. The molecule has 1 amide bonds. The zero-order valence-electron chi connectivity index (χ0n) is 14.0. The Balaban J connectivity index is 2.40. The van der Waals surface area contributed by atoms with Gasteiger partial charge in [0.05, 0.1) is 12.1 Å². The highest BCUT2D eigenvalue weighted by molar-refractivity contribution is 9.10. The van der Waals surface area contributed by atoms with Crippen LogP contribution in [0.15, 0.2) is 40.4 Å². The third-order valence-electron chi connectivity index (χ3n) is 3.76. The lowest BCUT2D eigenvalue weighted by molar-refractivity contribution is -0.112. The molecule has 0 aliphatic rings. The van der Waals surface area contributed by atoms with Gasteiger partial charge in [0.2, 0.25) is 0 Å². The lowest BCUT2D eigenvalue weighted by atomic mass is 10.1. The SMILES string of the molecule is COc1c(Cl)cc(Br)cc1/C=C(\C#N)C(=O)Nc1cccc(C)c1C. The molecule has 0 atom stereocenters. The fourth-order valence-corrected chi connectivity index (χ4v) is 3.19. The standard InChI is InChI=1S/C19H16BrClN2O2/c1-11-5-4-6-17(12(11)2)23-19(24)14(10-22)7-13-8-15(20)9-16(21)18(13)25-3/h4-9H,1-3H3,(H,23,24)/b14-7+. The average Bonchev–Trinajstić information content (AvgIpc) is 2.56. The van der Waals surface area contributed by atoms with Crippen molar-refractivity contribution in [2.24, 2.45) is 0 Å². The number of nitrogens with one attached hydrogen (secondary N) is 1. The number of nitriles is 1. The molecule has 0 saturated heterocycles. The van der Waals surface area contributed by atoms with E-state index in [0.717, 1.165) is 15.6 Å². The predicted octanol–water partition coefficient (Wildman–Crippen LogP) is 5.27. The molecular weight excluding hydrogens is 404 g/mol. The molecule has 1 N–H and O–H groups in total. The summed E-state index contributed by atoms with van der Waals surface area (Å²) < 4.78 is 5.99. The normalized spacial score (nSPS) is 11.0. The van der Waals surface area contributed by atoms with Crippen molar-refractivity contribution < 1.29 is 9.53 Å². The van der Waals surface area contributed by atoms with Crippen LogP contribution in [0.1, 0.15) is 16.7 Å². The molecule has 0 aliphatic heterocycles. The fourth-order valence-electron chi connectivity index (χ4n) is 2.28. The number of carbonyl (C=O) groups is 1. The quantitative estimate of drug-likeness (QED) is 0.542. The van der Waals surface area contributed by atoms with Crippen LogP contribution >= 0.6 is 27.5 Å². The molecule has 0 radical (unpaired) electrons. The largest absolute Gasteiger partial charge is 0.495 e. The first-order chi connectivity index (χ1) is 11.9. The average molecular weight is 420 g/mol. The number of hydrogen-bond donors (Lipinski definition) is 1. The van der Waals surface area contributed by atoms with E-state index in [1.165, 1.54) is 13.2 Å². The Bertz CT molecular complexity index is 901. The molecule has 2 aromatic rings. The Morgan fingerprint density at radius 2 is 2.08 bits per heavy atom. The second kappa shape index (κ2) is 8.19. The van der Waals surface area contributed by atoms with Gasteiger partial charge >= 0.3 is 0 Å². The van der Waals surface area contributed by atoms with Gasteiger partial charge in [-0.15, -0.1) is 0 Å². The maximum absolute atomic E-state index is 12.5. The highest BCUT2D eigenvalue weighted by Crippen LogP contribution is 2.33. The van der Waals surface area contributed by atoms with Crippen LogP contribution < -0.4 is 10.1 Å². The van der Waals surface area contributed by atoms with E-state index >= 15 is 0 Å². The molecule has 0 fully saturated rings. The van der Waals surface area contributed by atoms with E-state index in [4.69, 9.17) is 16.3 Å². The van der Waals surface area contributed by atoms with Gasteiger partial charge in [-0.05, 0) is 49.2 Å². The molecule has 0 bridgehead atoms. The van der Waals surface area contributed by atoms with E-state index in [1.807, 2.05) is 32.0 Å². The second-order valence-corrected chi connectivity index (χ2v) is 6.70.